The number of esters is 2. The summed E-state index contributed by atoms with van der Waals surface area (Å²) < 4.78 is 34.2. The van der Waals surface area contributed by atoms with Gasteiger partial charge in [0.05, 0.1) is 27.7 Å². The minimum atomic E-state index is -4.39. The molecule has 0 saturated carbocycles. The van der Waals surface area contributed by atoms with Crippen LogP contribution in [-0.2, 0) is 32.7 Å². The largest absolute Gasteiger partial charge is 0.472 e. The minimum Gasteiger partial charge on any atom is -0.462 e. The van der Waals surface area contributed by atoms with Gasteiger partial charge in [0.15, 0.2) is 6.10 Å². The van der Waals surface area contributed by atoms with Crippen molar-refractivity contribution in [2.24, 2.45) is 0 Å². The standard InChI is InChI=1S/C46H82NO8P/c1-6-8-10-12-14-16-18-20-22-23-25-26-28-30-32-34-36-38-45(48)52-42-44(43-54-56(50,51)53-41-40-47(3,4)5)55-46(49)39-37-35-33-31-29-27-24-21-19-17-15-13-11-9-7-2/h14,16,20-22,24-26,30,32,44H,6-13,15,17-19,23,27-29,31,33-43H2,1-5H3/p+1/b16-14+,22-20+,24-21+,26-25+,32-30+/t44-/m1/s1. The van der Waals surface area contributed by atoms with Crippen LogP contribution in [0.4, 0.5) is 0 Å². The van der Waals surface area contributed by atoms with Gasteiger partial charge in [-0.3, -0.25) is 18.6 Å². The maximum absolute atomic E-state index is 12.7. The molecule has 1 N–H and O–H groups in total. The van der Waals surface area contributed by atoms with E-state index in [1.807, 2.05) is 21.1 Å². The normalized spacial score (nSPS) is 14.2. The van der Waals surface area contributed by atoms with Crippen molar-refractivity contribution < 1.29 is 42.1 Å². The van der Waals surface area contributed by atoms with Crippen LogP contribution in [-0.4, -0.2) is 74.9 Å². The molecule has 10 heteroatoms. The lowest BCUT2D eigenvalue weighted by molar-refractivity contribution is -0.870. The lowest BCUT2D eigenvalue weighted by Crippen LogP contribution is -2.37. The summed E-state index contributed by atoms with van der Waals surface area (Å²) in [6.45, 7) is 4.30. The van der Waals surface area contributed by atoms with E-state index in [0.29, 0.717) is 23.9 Å². The smallest absolute Gasteiger partial charge is 0.462 e. The highest BCUT2D eigenvalue weighted by atomic mass is 31.2. The highest BCUT2D eigenvalue weighted by Crippen LogP contribution is 2.43. The highest BCUT2D eigenvalue weighted by molar-refractivity contribution is 7.47. The Hall–Kier alpha value is -2.29. The second-order valence-electron chi connectivity index (χ2n) is 15.7. The Bertz CT molecular complexity index is 1140. The number of carbonyl (C=O) groups excluding carboxylic acids is 2. The predicted molar refractivity (Wildman–Crippen MR) is 233 cm³/mol. The SMILES string of the molecule is CCCCC/C=C/C/C=C/C/C=C/C/C=C/CCCC(=O)OC[C@H](COP(=O)(O)OCC[N+](C)(C)C)OC(=O)CCCCCCC/C=C/CCCCCCCC. The third-order valence-electron chi connectivity index (χ3n) is 9.02. The van der Waals surface area contributed by atoms with Crippen LogP contribution in [0.15, 0.2) is 60.8 Å². The molecule has 0 heterocycles. The Kier molecular flexibility index (Phi) is 36.7. The number of unbranched alkanes of at least 4 members (excludes halogenated alkanes) is 15. The van der Waals surface area contributed by atoms with E-state index < -0.39 is 32.5 Å². The molecule has 0 amide bonds. The molecule has 56 heavy (non-hydrogen) atoms. The zero-order valence-electron chi connectivity index (χ0n) is 36.3. The van der Waals surface area contributed by atoms with Crippen molar-refractivity contribution in [1.29, 1.82) is 0 Å². The molecule has 2 atom stereocenters. The Morgan fingerprint density at radius 2 is 0.982 bits per heavy atom. The van der Waals surface area contributed by atoms with Gasteiger partial charge in [-0.25, -0.2) is 4.57 Å². The van der Waals surface area contributed by atoms with Crippen LogP contribution in [0.2, 0.25) is 0 Å². The number of rotatable bonds is 39. The van der Waals surface area contributed by atoms with Gasteiger partial charge in [-0.2, -0.15) is 0 Å². The molecule has 0 spiro atoms. The highest BCUT2D eigenvalue weighted by Gasteiger charge is 2.27. The first-order valence-corrected chi connectivity index (χ1v) is 23.5. The zero-order chi connectivity index (χ0) is 41.4. The lowest BCUT2D eigenvalue weighted by atomic mass is 10.1. The maximum Gasteiger partial charge on any atom is 0.472 e. The van der Waals surface area contributed by atoms with Gasteiger partial charge in [-0.05, 0) is 77.0 Å². The number of allylic oxidation sites excluding steroid dienone is 10. The van der Waals surface area contributed by atoms with E-state index in [2.05, 4.69) is 74.6 Å². The summed E-state index contributed by atoms with van der Waals surface area (Å²) in [6, 6.07) is 0. The first kappa shape index (κ1) is 53.7. The van der Waals surface area contributed by atoms with E-state index in [-0.39, 0.29) is 26.1 Å². The summed E-state index contributed by atoms with van der Waals surface area (Å²) >= 11 is 0. The van der Waals surface area contributed by atoms with Crippen LogP contribution in [0.5, 0.6) is 0 Å². The monoisotopic (exact) mass is 809 g/mol. The Balaban J connectivity index is 4.48. The van der Waals surface area contributed by atoms with Crippen molar-refractivity contribution in [1.82, 2.24) is 0 Å². The molecule has 0 rings (SSSR count). The van der Waals surface area contributed by atoms with Crippen molar-refractivity contribution >= 4 is 19.8 Å². The van der Waals surface area contributed by atoms with Crippen LogP contribution in [0.1, 0.15) is 168 Å². The van der Waals surface area contributed by atoms with E-state index in [1.165, 1.54) is 70.6 Å². The van der Waals surface area contributed by atoms with E-state index in [9.17, 15) is 19.0 Å². The van der Waals surface area contributed by atoms with E-state index in [1.54, 1.807) is 0 Å². The second-order valence-corrected chi connectivity index (χ2v) is 17.2. The molecule has 0 radical (unpaired) electrons. The van der Waals surface area contributed by atoms with Gasteiger partial charge in [0.25, 0.3) is 0 Å². The predicted octanol–water partition coefficient (Wildman–Crippen LogP) is 12.5. The summed E-state index contributed by atoms with van der Waals surface area (Å²) in [5.74, 6) is -0.878. The zero-order valence-corrected chi connectivity index (χ0v) is 37.2. The molecule has 9 nitrogen and oxygen atoms in total. The number of likely N-dealkylation sites (N-methyl/N-ethyl adjacent to an activating group) is 1. The number of nitrogens with zero attached hydrogens (tertiary/aromatic N) is 1. The van der Waals surface area contributed by atoms with Crippen LogP contribution in [0, 0.1) is 0 Å². The van der Waals surface area contributed by atoms with Crippen LogP contribution in [0.3, 0.4) is 0 Å². The maximum atomic E-state index is 12.7. The van der Waals surface area contributed by atoms with Crippen molar-refractivity contribution in [2.75, 3.05) is 47.5 Å². The fraction of sp³-hybridized carbons (Fsp3) is 0.739. The second kappa shape index (κ2) is 38.2. The molecule has 0 aliphatic rings. The van der Waals surface area contributed by atoms with E-state index in [4.69, 9.17) is 18.5 Å². The number of phosphoric acid groups is 1. The quantitative estimate of drug-likeness (QED) is 0.0215. The van der Waals surface area contributed by atoms with Crippen LogP contribution >= 0.6 is 7.82 Å². The van der Waals surface area contributed by atoms with E-state index in [0.717, 1.165) is 57.8 Å². The number of hydrogen-bond acceptors (Lipinski definition) is 7. The molecule has 0 fully saturated rings. The molecule has 0 aromatic carbocycles. The topological polar surface area (TPSA) is 108 Å². The Morgan fingerprint density at radius 1 is 0.554 bits per heavy atom. The minimum absolute atomic E-state index is 0.0195. The van der Waals surface area contributed by atoms with Crippen molar-refractivity contribution in [3.8, 4) is 0 Å². The summed E-state index contributed by atoms with van der Waals surface area (Å²) in [5.41, 5.74) is 0. The van der Waals surface area contributed by atoms with Crippen LogP contribution < -0.4 is 0 Å². The Labute approximate surface area is 343 Å². The first-order chi connectivity index (χ1) is 27.0. The number of phosphoric ester groups is 1. The number of ether oxygens (including phenoxy) is 2. The summed E-state index contributed by atoms with van der Waals surface area (Å²) in [5, 5.41) is 0. The van der Waals surface area contributed by atoms with Gasteiger partial charge in [-0.15, -0.1) is 0 Å². The molecule has 1 unspecified atom stereocenters. The number of hydrogen-bond donors (Lipinski definition) is 1. The fourth-order valence-corrected chi connectivity index (χ4v) is 6.27. The molecule has 0 bridgehead atoms. The molecule has 0 aliphatic heterocycles. The number of carbonyl (C=O) groups is 2. The van der Waals surface area contributed by atoms with Gasteiger partial charge in [-0.1, -0.05) is 139 Å². The van der Waals surface area contributed by atoms with Crippen LogP contribution in [0.25, 0.3) is 0 Å². The van der Waals surface area contributed by atoms with Crippen molar-refractivity contribution in [3.63, 3.8) is 0 Å². The third-order valence-corrected chi connectivity index (χ3v) is 10.0. The van der Waals surface area contributed by atoms with Gasteiger partial charge in [0.1, 0.15) is 19.8 Å². The molecule has 0 aromatic heterocycles. The van der Waals surface area contributed by atoms with Gasteiger partial charge >= 0.3 is 19.8 Å². The molecule has 0 aromatic rings. The molecule has 0 aliphatic carbocycles. The average molecular weight is 809 g/mol. The van der Waals surface area contributed by atoms with E-state index >= 15 is 0 Å². The number of quaternary nitrogens is 1. The van der Waals surface area contributed by atoms with Crippen molar-refractivity contribution in [3.05, 3.63) is 60.8 Å². The van der Waals surface area contributed by atoms with Gasteiger partial charge < -0.3 is 18.9 Å². The summed E-state index contributed by atoms with van der Waals surface area (Å²) in [7, 11) is 1.43. The fourth-order valence-electron chi connectivity index (χ4n) is 5.53. The van der Waals surface area contributed by atoms with Gasteiger partial charge in [0, 0.05) is 12.8 Å². The first-order valence-electron chi connectivity index (χ1n) is 22.0. The van der Waals surface area contributed by atoms with Crippen molar-refractivity contribution in [2.45, 2.75) is 174 Å². The molecular weight excluding hydrogens is 725 g/mol. The average Bonchev–Trinajstić information content (AvgIpc) is 3.15. The summed E-state index contributed by atoms with van der Waals surface area (Å²) in [4.78, 5) is 35.3. The molecule has 0 saturated heterocycles. The lowest BCUT2D eigenvalue weighted by Gasteiger charge is -2.24. The molecule has 324 valence electrons. The van der Waals surface area contributed by atoms with Gasteiger partial charge in [0.2, 0.25) is 0 Å². The molecular formula is C46H83NO8P+. The summed E-state index contributed by atoms with van der Waals surface area (Å²) in [6.07, 6.45) is 45.6. The Morgan fingerprint density at radius 3 is 1.54 bits per heavy atom. The third kappa shape index (κ3) is 41.3.